The zero-order valence-electron chi connectivity index (χ0n) is 14.5. The van der Waals surface area contributed by atoms with Crippen LogP contribution < -0.4 is 5.32 Å². The first-order valence-electron chi connectivity index (χ1n) is 8.09. The van der Waals surface area contributed by atoms with Crippen LogP contribution >= 0.6 is 0 Å². The molecule has 0 saturated carbocycles. The molecule has 0 amide bonds. The summed E-state index contributed by atoms with van der Waals surface area (Å²) in [6.45, 7) is -0.484. The fraction of sp³-hybridized carbons (Fsp3) is 0.167. The van der Waals surface area contributed by atoms with Crippen LogP contribution in [0.25, 0.3) is 5.69 Å². The van der Waals surface area contributed by atoms with E-state index in [0.29, 0.717) is 6.07 Å². The van der Waals surface area contributed by atoms with Crippen molar-refractivity contribution in [1.82, 2.24) is 9.78 Å². The summed E-state index contributed by atoms with van der Waals surface area (Å²) in [5.41, 5.74) is -4.10. The van der Waals surface area contributed by atoms with E-state index in [1.54, 1.807) is 0 Å². The van der Waals surface area contributed by atoms with E-state index in [1.807, 2.05) is 0 Å². The molecule has 0 unspecified atom stereocenters. The van der Waals surface area contributed by atoms with Crippen LogP contribution in [0.2, 0.25) is 0 Å². The summed E-state index contributed by atoms with van der Waals surface area (Å²) >= 11 is 0. The summed E-state index contributed by atoms with van der Waals surface area (Å²) in [5.74, 6) is -3.67. The smallest absolute Gasteiger partial charge is 0.381 e. The van der Waals surface area contributed by atoms with E-state index in [0.717, 1.165) is 18.2 Å². The molecule has 0 aliphatic heterocycles. The van der Waals surface area contributed by atoms with E-state index < -0.39 is 53.3 Å². The maximum Gasteiger partial charge on any atom is 0.435 e. The summed E-state index contributed by atoms with van der Waals surface area (Å²) in [5, 5.41) is 5.53. The molecule has 2 aromatic carbocycles. The van der Waals surface area contributed by atoms with Gasteiger partial charge in [-0.2, -0.15) is 31.4 Å². The van der Waals surface area contributed by atoms with Gasteiger partial charge in [0.2, 0.25) is 0 Å². The van der Waals surface area contributed by atoms with Gasteiger partial charge in [-0.25, -0.2) is 17.9 Å². The van der Waals surface area contributed by atoms with E-state index in [2.05, 4.69) is 10.4 Å². The molecular formula is C18H10F9N3. The molecule has 0 bridgehead atoms. The predicted octanol–water partition coefficient (Wildman–Crippen LogP) is 5.94. The van der Waals surface area contributed by atoms with Crippen LogP contribution in [0.3, 0.4) is 0 Å². The molecule has 3 nitrogen and oxygen atoms in total. The minimum Gasteiger partial charge on any atom is -0.381 e. The molecule has 12 heteroatoms. The van der Waals surface area contributed by atoms with Gasteiger partial charge in [-0.05, 0) is 36.4 Å². The minimum atomic E-state index is -5.10. The van der Waals surface area contributed by atoms with Gasteiger partial charge in [0.25, 0.3) is 0 Å². The fourth-order valence-corrected chi connectivity index (χ4v) is 2.56. The van der Waals surface area contributed by atoms with Gasteiger partial charge in [-0.1, -0.05) is 0 Å². The van der Waals surface area contributed by atoms with Crippen LogP contribution in [0, 0.1) is 17.5 Å². The van der Waals surface area contributed by atoms with Crippen LogP contribution in [-0.2, 0) is 18.9 Å². The van der Waals surface area contributed by atoms with Crippen LogP contribution in [0.15, 0.2) is 42.5 Å². The second-order valence-electron chi connectivity index (χ2n) is 6.04. The Morgan fingerprint density at radius 1 is 0.800 bits per heavy atom. The van der Waals surface area contributed by atoms with Crippen LogP contribution in [-0.4, -0.2) is 9.78 Å². The number of rotatable bonds is 4. The molecule has 30 heavy (non-hydrogen) atoms. The zero-order chi connectivity index (χ0) is 22.3. The number of hydrogen-bond acceptors (Lipinski definition) is 2. The average Bonchev–Trinajstić information content (AvgIpc) is 3.12. The number of halogens is 9. The predicted molar refractivity (Wildman–Crippen MR) is 87.2 cm³/mol. The highest BCUT2D eigenvalue weighted by molar-refractivity contribution is 5.49. The van der Waals surface area contributed by atoms with E-state index >= 15 is 0 Å². The van der Waals surface area contributed by atoms with Gasteiger partial charge in [0.15, 0.2) is 17.3 Å². The van der Waals surface area contributed by atoms with E-state index in [-0.39, 0.29) is 22.1 Å². The van der Waals surface area contributed by atoms with Crippen molar-refractivity contribution < 1.29 is 39.5 Å². The van der Waals surface area contributed by atoms with E-state index in [9.17, 15) is 39.5 Å². The Bertz CT molecular complexity index is 1050. The molecule has 0 aliphatic carbocycles. The number of anilines is 1. The van der Waals surface area contributed by atoms with Crippen molar-refractivity contribution in [2.75, 3.05) is 5.32 Å². The third-order valence-corrected chi connectivity index (χ3v) is 4.01. The van der Waals surface area contributed by atoms with Crippen molar-refractivity contribution in [3.8, 4) is 5.69 Å². The third kappa shape index (κ3) is 4.36. The number of aromatic nitrogens is 2. The Kier molecular flexibility index (Phi) is 5.44. The molecule has 0 atom stereocenters. The lowest BCUT2D eigenvalue weighted by Gasteiger charge is -2.12. The normalized spacial score (nSPS) is 12.3. The molecule has 1 aromatic heterocycles. The molecule has 1 N–H and O–H groups in total. The number of benzene rings is 2. The first-order chi connectivity index (χ1) is 13.9. The van der Waals surface area contributed by atoms with Gasteiger partial charge in [-0.15, -0.1) is 0 Å². The molecule has 0 aliphatic rings. The van der Waals surface area contributed by atoms with Gasteiger partial charge in [0.05, 0.1) is 5.69 Å². The highest BCUT2D eigenvalue weighted by atomic mass is 19.4. The van der Waals surface area contributed by atoms with E-state index in [4.69, 9.17) is 0 Å². The average molecular weight is 439 g/mol. The Morgan fingerprint density at radius 3 is 1.97 bits per heavy atom. The second-order valence-corrected chi connectivity index (χ2v) is 6.04. The van der Waals surface area contributed by atoms with Crippen molar-refractivity contribution in [2.45, 2.75) is 18.9 Å². The summed E-state index contributed by atoms with van der Waals surface area (Å²) < 4.78 is 118. The third-order valence-electron chi connectivity index (χ3n) is 4.01. The molecule has 3 aromatic rings. The van der Waals surface area contributed by atoms with Gasteiger partial charge >= 0.3 is 12.4 Å². The van der Waals surface area contributed by atoms with Gasteiger partial charge in [0, 0.05) is 23.9 Å². The number of nitrogens with one attached hydrogen (secondary N) is 1. The molecular weight excluding hydrogens is 429 g/mol. The topological polar surface area (TPSA) is 29.9 Å². The molecule has 0 fully saturated rings. The number of nitrogens with zero attached hydrogens (tertiary/aromatic N) is 2. The largest absolute Gasteiger partial charge is 0.435 e. The lowest BCUT2D eigenvalue weighted by atomic mass is 10.2. The molecule has 3 rings (SSSR count). The zero-order valence-corrected chi connectivity index (χ0v) is 14.5. The van der Waals surface area contributed by atoms with Crippen molar-refractivity contribution in [3.05, 3.63) is 76.9 Å². The Balaban J connectivity index is 1.86. The van der Waals surface area contributed by atoms with Crippen molar-refractivity contribution in [2.24, 2.45) is 0 Å². The molecule has 0 spiro atoms. The van der Waals surface area contributed by atoms with E-state index in [1.165, 1.54) is 12.1 Å². The quantitative estimate of drug-likeness (QED) is 0.403. The Morgan fingerprint density at radius 2 is 1.40 bits per heavy atom. The van der Waals surface area contributed by atoms with Gasteiger partial charge in [-0.3, -0.25) is 0 Å². The molecule has 1 heterocycles. The van der Waals surface area contributed by atoms with Crippen LogP contribution in [0.1, 0.15) is 17.0 Å². The monoisotopic (exact) mass is 439 g/mol. The summed E-state index contributed by atoms with van der Waals surface area (Å²) in [6, 6.07) is 5.63. The summed E-state index contributed by atoms with van der Waals surface area (Å²) in [6.07, 6.45) is -10.2. The van der Waals surface area contributed by atoms with Gasteiger partial charge in [0.1, 0.15) is 11.5 Å². The second kappa shape index (κ2) is 7.58. The fourth-order valence-electron chi connectivity index (χ4n) is 2.56. The standard InChI is InChI=1S/C18H10F9N3/c19-12-5-6-13(20)16(21)11(12)8-28-9-1-3-10(4-2-9)30-15(18(25,26)27)7-14(29-30)17(22,23)24/h1-7,28H,8H2. The van der Waals surface area contributed by atoms with Crippen molar-refractivity contribution >= 4 is 5.69 Å². The first-order valence-corrected chi connectivity index (χ1v) is 8.09. The van der Waals surface area contributed by atoms with Gasteiger partial charge < -0.3 is 5.32 Å². The lowest BCUT2D eigenvalue weighted by Crippen LogP contribution is -2.13. The molecule has 160 valence electrons. The summed E-state index contributed by atoms with van der Waals surface area (Å²) in [7, 11) is 0. The highest BCUT2D eigenvalue weighted by Crippen LogP contribution is 2.36. The maximum atomic E-state index is 13.6. The van der Waals surface area contributed by atoms with Crippen LogP contribution in [0.4, 0.5) is 45.2 Å². The first kappa shape index (κ1) is 21.5. The SMILES string of the molecule is Fc1ccc(F)c(CNc2ccc(-n3nc(C(F)(F)F)cc3C(F)(F)F)cc2)c1F. The van der Waals surface area contributed by atoms with Crippen LogP contribution in [0.5, 0.6) is 0 Å². The Labute approximate surface area is 162 Å². The van der Waals surface area contributed by atoms with Crippen molar-refractivity contribution in [3.63, 3.8) is 0 Å². The number of alkyl halides is 6. The molecule has 0 radical (unpaired) electrons. The van der Waals surface area contributed by atoms with Crippen molar-refractivity contribution in [1.29, 1.82) is 0 Å². The Hall–Kier alpha value is -3.18. The minimum absolute atomic E-state index is 0.0957. The lowest BCUT2D eigenvalue weighted by molar-refractivity contribution is -0.143. The highest BCUT2D eigenvalue weighted by Gasteiger charge is 2.42. The maximum absolute atomic E-state index is 13.6. The number of hydrogen-bond donors (Lipinski definition) is 1. The summed E-state index contributed by atoms with van der Waals surface area (Å²) in [4.78, 5) is 0. The molecule has 0 saturated heterocycles.